The van der Waals surface area contributed by atoms with Gasteiger partial charge in [-0.3, -0.25) is 5.32 Å². The van der Waals surface area contributed by atoms with Gasteiger partial charge in [-0.2, -0.15) is 13.2 Å². The number of aliphatic hydroxyl groups is 1. The first-order chi connectivity index (χ1) is 12.2. The SMILES string of the molecule is C[C@H](NC(=O)Nc1ccn(-c2cccc(C(O)C(F)(F)F)c2)n1)C1CC1. The van der Waals surface area contributed by atoms with Gasteiger partial charge in [0, 0.05) is 18.3 Å². The first-order valence-electron chi connectivity index (χ1n) is 8.22. The Hall–Kier alpha value is -2.55. The Balaban J connectivity index is 1.68. The second kappa shape index (κ2) is 6.99. The van der Waals surface area contributed by atoms with Gasteiger partial charge in [-0.25, -0.2) is 9.48 Å². The van der Waals surface area contributed by atoms with E-state index in [0.29, 0.717) is 11.6 Å². The van der Waals surface area contributed by atoms with Gasteiger partial charge in [0.05, 0.1) is 5.69 Å². The fraction of sp³-hybridized carbons (Fsp3) is 0.412. The van der Waals surface area contributed by atoms with E-state index < -0.39 is 12.3 Å². The predicted molar refractivity (Wildman–Crippen MR) is 88.9 cm³/mol. The second-order valence-electron chi connectivity index (χ2n) is 6.41. The molecule has 0 bridgehead atoms. The topological polar surface area (TPSA) is 79.2 Å². The summed E-state index contributed by atoms with van der Waals surface area (Å²) in [6.45, 7) is 1.94. The molecule has 140 valence electrons. The van der Waals surface area contributed by atoms with Gasteiger partial charge in [-0.15, -0.1) is 5.10 Å². The van der Waals surface area contributed by atoms with Crippen molar-refractivity contribution < 1.29 is 23.1 Å². The molecule has 1 aliphatic carbocycles. The maximum atomic E-state index is 12.7. The van der Waals surface area contributed by atoms with Gasteiger partial charge >= 0.3 is 12.2 Å². The first-order valence-corrected chi connectivity index (χ1v) is 8.22. The summed E-state index contributed by atoms with van der Waals surface area (Å²) in [7, 11) is 0. The molecule has 1 unspecified atom stereocenters. The zero-order valence-electron chi connectivity index (χ0n) is 14.0. The van der Waals surface area contributed by atoms with Gasteiger partial charge in [0.25, 0.3) is 0 Å². The van der Waals surface area contributed by atoms with E-state index in [2.05, 4.69) is 15.7 Å². The molecule has 0 saturated heterocycles. The fourth-order valence-electron chi connectivity index (χ4n) is 2.63. The lowest BCUT2D eigenvalue weighted by Gasteiger charge is -2.15. The number of carbonyl (C=O) groups is 1. The molecule has 0 aliphatic heterocycles. The molecule has 0 radical (unpaired) electrons. The number of alkyl halides is 3. The number of urea groups is 1. The number of aliphatic hydroxyl groups excluding tert-OH is 1. The molecule has 2 amide bonds. The Morgan fingerprint density at radius 2 is 2.08 bits per heavy atom. The smallest absolute Gasteiger partial charge is 0.379 e. The van der Waals surface area contributed by atoms with Crippen LogP contribution in [0, 0.1) is 5.92 Å². The van der Waals surface area contributed by atoms with Crippen molar-refractivity contribution in [3.63, 3.8) is 0 Å². The van der Waals surface area contributed by atoms with E-state index in [4.69, 9.17) is 0 Å². The fourth-order valence-corrected chi connectivity index (χ4v) is 2.63. The lowest BCUT2D eigenvalue weighted by atomic mass is 10.1. The molecule has 1 heterocycles. The van der Waals surface area contributed by atoms with Crippen LogP contribution in [-0.2, 0) is 0 Å². The third-order valence-electron chi connectivity index (χ3n) is 4.28. The van der Waals surface area contributed by atoms with Crippen LogP contribution >= 0.6 is 0 Å². The lowest BCUT2D eigenvalue weighted by molar-refractivity contribution is -0.206. The molecule has 1 aliphatic rings. The highest BCUT2D eigenvalue weighted by Crippen LogP contribution is 2.33. The molecular weight excluding hydrogens is 349 g/mol. The molecule has 3 rings (SSSR count). The zero-order valence-corrected chi connectivity index (χ0v) is 14.0. The average molecular weight is 368 g/mol. The molecule has 26 heavy (non-hydrogen) atoms. The normalized spacial score (nSPS) is 16.8. The quantitative estimate of drug-likeness (QED) is 0.757. The number of rotatable bonds is 5. The van der Waals surface area contributed by atoms with Crippen LogP contribution in [0.4, 0.5) is 23.8 Å². The van der Waals surface area contributed by atoms with Gasteiger partial charge < -0.3 is 10.4 Å². The van der Waals surface area contributed by atoms with E-state index in [1.165, 1.54) is 35.1 Å². The number of nitrogens with one attached hydrogen (secondary N) is 2. The minimum atomic E-state index is -4.74. The summed E-state index contributed by atoms with van der Waals surface area (Å²) in [5.41, 5.74) is 0.0571. The number of carbonyl (C=O) groups excluding carboxylic acids is 1. The Morgan fingerprint density at radius 1 is 1.35 bits per heavy atom. The molecule has 9 heteroatoms. The molecule has 2 atom stereocenters. The number of anilines is 1. The van der Waals surface area contributed by atoms with Crippen LogP contribution < -0.4 is 10.6 Å². The number of halogens is 3. The monoisotopic (exact) mass is 368 g/mol. The van der Waals surface area contributed by atoms with Crippen LogP contribution in [0.25, 0.3) is 5.69 Å². The van der Waals surface area contributed by atoms with Crippen molar-refractivity contribution in [1.82, 2.24) is 15.1 Å². The molecule has 1 aromatic heterocycles. The van der Waals surface area contributed by atoms with Crippen molar-refractivity contribution in [2.24, 2.45) is 5.92 Å². The summed E-state index contributed by atoms with van der Waals surface area (Å²) in [5, 5.41) is 18.9. The van der Waals surface area contributed by atoms with Crippen LogP contribution in [-0.4, -0.2) is 33.1 Å². The highest BCUT2D eigenvalue weighted by molar-refractivity contribution is 5.88. The van der Waals surface area contributed by atoms with Crippen LogP contribution in [0.5, 0.6) is 0 Å². The van der Waals surface area contributed by atoms with Gasteiger partial charge in [0.15, 0.2) is 11.9 Å². The summed E-state index contributed by atoms with van der Waals surface area (Å²) in [6, 6.07) is 6.58. The van der Waals surface area contributed by atoms with Crippen LogP contribution in [0.1, 0.15) is 31.4 Å². The minimum Gasteiger partial charge on any atom is -0.379 e. The molecule has 6 nitrogen and oxygen atoms in total. The maximum Gasteiger partial charge on any atom is 0.418 e. The van der Waals surface area contributed by atoms with Crippen LogP contribution in [0.2, 0.25) is 0 Å². The number of hydrogen-bond donors (Lipinski definition) is 3. The molecule has 2 aromatic rings. The van der Waals surface area contributed by atoms with E-state index in [-0.39, 0.29) is 23.5 Å². The van der Waals surface area contributed by atoms with E-state index in [9.17, 15) is 23.1 Å². The van der Waals surface area contributed by atoms with Gasteiger partial charge in [0.2, 0.25) is 0 Å². The summed E-state index contributed by atoms with van der Waals surface area (Å²) in [4.78, 5) is 11.9. The maximum absolute atomic E-state index is 12.7. The summed E-state index contributed by atoms with van der Waals surface area (Å²) in [5.74, 6) is 0.786. The van der Waals surface area contributed by atoms with E-state index in [0.717, 1.165) is 12.8 Å². The largest absolute Gasteiger partial charge is 0.418 e. The Bertz CT molecular complexity index is 786. The number of hydrogen-bond acceptors (Lipinski definition) is 3. The van der Waals surface area contributed by atoms with Crippen molar-refractivity contribution in [2.75, 3.05) is 5.32 Å². The van der Waals surface area contributed by atoms with Crippen molar-refractivity contribution in [3.05, 3.63) is 42.1 Å². The van der Waals surface area contributed by atoms with E-state index in [1.807, 2.05) is 6.92 Å². The standard InChI is InChI=1S/C17H19F3N4O2/c1-10(11-5-6-11)21-16(26)22-14-7-8-24(23-14)13-4-2-3-12(9-13)15(25)17(18,19)20/h2-4,7-11,15,25H,5-6H2,1H3,(H2,21,22,23,26)/t10-,15?/m0/s1. The summed E-state index contributed by atoms with van der Waals surface area (Å²) < 4.78 is 39.3. The van der Waals surface area contributed by atoms with Crippen LogP contribution in [0.15, 0.2) is 36.5 Å². The van der Waals surface area contributed by atoms with Crippen molar-refractivity contribution in [2.45, 2.75) is 38.1 Å². The molecule has 1 fully saturated rings. The number of benzene rings is 1. The van der Waals surface area contributed by atoms with Crippen molar-refractivity contribution in [3.8, 4) is 5.69 Å². The highest BCUT2D eigenvalue weighted by atomic mass is 19.4. The van der Waals surface area contributed by atoms with Crippen LogP contribution in [0.3, 0.4) is 0 Å². The molecule has 1 aromatic carbocycles. The molecule has 3 N–H and O–H groups in total. The van der Waals surface area contributed by atoms with Gasteiger partial charge in [0.1, 0.15) is 0 Å². The Kier molecular flexibility index (Phi) is 4.90. The Morgan fingerprint density at radius 3 is 2.73 bits per heavy atom. The molecule has 1 saturated carbocycles. The summed E-state index contributed by atoms with van der Waals surface area (Å²) in [6.07, 6.45) is -3.58. The van der Waals surface area contributed by atoms with Crippen molar-refractivity contribution >= 4 is 11.8 Å². The number of nitrogens with zero attached hydrogens (tertiary/aromatic N) is 2. The lowest BCUT2D eigenvalue weighted by Crippen LogP contribution is -2.37. The van der Waals surface area contributed by atoms with E-state index >= 15 is 0 Å². The first kappa shape index (κ1) is 18.2. The summed E-state index contributed by atoms with van der Waals surface area (Å²) >= 11 is 0. The number of aromatic nitrogens is 2. The Labute approximate surface area is 148 Å². The highest BCUT2D eigenvalue weighted by Gasteiger charge is 2.39. The predicted octanol–water partition coefficient (Wildman–Crippen LogP) is 3.39. The minimum absolute atomic E-state index is 0.0811. The second-order valence-corrected chi connectivity index (χ2v) is 6.41. The third kappa shape index (κ3) is 4.34. The van der Waals surface area contributed by atoms with Gasteiger partial charge in [-0.05, 0) is 43.4 Å². The number of amides is 2. The average Bonchev–Trinajstić information content (AvgIpc) is 3.33. The van der Waals surface area contributed by atoms with Crippen molar-refractivity contribution in [1.29, 1.82) is 0 Å². The van der Waals surface area contributed by atoms with Gasteiger partial charge in [-0.1, -0.05) is 12.1 Å². The molecule has 0 spiro atoms. The molecular formula is C17H19F3N4O2. The third-order valence-corrected chi connectivity index (χ3v) is 4.28. The zero-order chi connectivity index (χ0) is 18.9. The van der Waals surface area contributed by atoms with E-state index in [1.54, 1.807) is 6.07 Å².